The minimum absolute atomic E-state index is 0.258. The van der Waals surface area contributed by atoms with E-state index in [4.69, 9.17) is 0 Å². The van der Waals surface area contributed by atoms with Crippen molar-refractivity contribution in [3.05, 3.63) is 12.3 Å². The summed E-state index contributed by atoms with van der Waals surface area (Å²) in [4.78, 5) is 19.9. The van der Waals surface area contributed by atoms with Crippen LogP contribution in [0, 0.1) is 0 Å². The molecule has 0 bridgehead atoms. The maximum absolute atomic E-state index is 10.3. The largest absolute Gasteiger partial charge is 0.513 e. The van der Waals surface area contributed by atoms with Gasteiger partial charge in [-0.2, -0.15) is 0 Å². The van der Waals surface area contributed by atoms with Crippen LogP contribution in [-0.2, 0) is 14.3 Å². The van der Waals surface area contributed by atoms with Gasteiger partial charge in [-0.1, -0.05) is 0 Å². The van der Waals surface area contributed by atoms with Crippen molar-refractivity contribution in [1.82, 2.24) is 0 Å². The lowest BCUT2D eigenvalue weighted by Crippen LogP contribution is -2.02. The van der Waals surface area contributed by atoms with Gasteiger partial charge in [0.1, 0.15) is 12.5 Å². The standard InChI is InChI=1S/C6H8O4/c1-2-9-6(8)10-5-3-4-7/h3-5H,2H2,1H3/b5-3+. The highest BCUT2D eigenvalue weighted by molar-refractivity contribution is 5.66. The van der Waals surface area contributed by atoms with Gasteiger partial charge in [0.05, 0.1) is 6.61 Å². The number of carbonyl (C=O) groups excluding carboxylic acids is 2. The van der Waals surface area contributed by atoms with Crippen molar-refractivity contribution >= 4 is 12.4 Å². The molecule has 0 heterocycles. The van der Waals surface area contributed by atoms with E-state index in [1.54, 1.807) is 6.92 Å². The van der Waals surface area contributed by atoms with Crippen molar-refractivity contribution in [3.8, 4) is 0 Å². The molecule has 0 unspecified atom stereocenters. The van der Waals surface area contributed by atoms with Gasteiger partial charge in [-0.05, 0) is 6.92 Å². The second kappa shape index (κ2) is 5.81. The van der Waals surface area contributed by atoms with Gasteiger partial charge in [0.15, 0.2) is 0 Å². The first-order valence-electron chi connectivity index (χ1n) is 2.75. The van der Waals surface area contributed by atoms with Crippen LogP contribution in [0.25, 0.3) is 0 Å². The molecule has 0 N–H and O–H groups in total. The minimum atomic E-state index is -0.805. The van der Waals surface area contributed by atoms with Crippen molar-refractivity contribution < 1.29 is 19.1 Å². The van der Waals surface area contributed by atoms with Crippen molar-refractivity contribution in [2.45, 2.75) is 6.92 Å². The van der Waals surface area contributed by atoms with E-state index >= 15 is 0 Å². The molecule has 0 atom stereocenters. The fourth-order valence-corrected chi connectivity index (χ4v) is 0.279. The summed E-state index contributed by atoms with van der Waals surface area (Å²) in [5, 5.41) is 0. The smallest absolute Gasteiger partial charge is 0.434 e. The maximum atomic E-state index is 10.3. The SMILES string of the molecule is CCOC(=O)O/C=C/C=O. The molecule has 0 saturated heterocycles. The molecule has 0 aromatic rings. The highest BCUT2D eigenvalue weighted by Crippen LogP contribution is 1.84. The predicted molar refractivity (Wildman–Crippen MR) is 33.3 cm³/mol. The van der Waals surface area contributed by atoms with Crippen LogP contribution < -0.4 is 0 Å². The summed E-state index contributed by atoms with van der Waals surface area (Å²) < 4.78 is 8.61. The van der Waals surface area contributed by atoms with Gasteiger partial charge in [0.25, 0.3) is 0 Å². The van der Waals surface area contributed by atoms with Crippen LogP contribution in [0.3, 0.4) is 0 Å². The van der Waals surface area contributed by atoms with Crippen LogP contribution in [-0.4, -0.2) is 19.0 Å². The Morgan fingerprint density at radius 3 is 2.80 bits per heavy atom. The normalized spacial score (nSPS) is 9.30. The first kappa shape index (κ1) is 8.68. The topological polar surface area (TPSA) is 52.6 Å². The Morgan fingerprint density at radius 1 is 1.60 bits per heavy atom. The summed E-state index contributed by atoms with van der Waals surface area (Å²) in [7, 11) is 0. The third-order valence-electron chi connectivity index (χ3n) is 0.584. The number of aldehydes is 1. The van der Waals surface area contributed by atoms with E-state index in [0.717, 1.165) is 12.3 Å². The molecular formula is C6H8O4. The lowest BCUT2D eigenvalue weighted by Gasteiger charge is -1.96. The Kier molecular flexibility index (Phi) is 5.04. The first-order valence-corrected chi connectivity index (χ1v) is 2.75. The fourth-order valence-electron chi connectivity index (χ4n) is 0.279. The van der Waals surface area contributed by atoms with Crippen molar-refractivity contribution in [2.24, 2.45) is 0 Å². The van der Waals surface area contributed by atoms with Gasteiger partial charge >= 0.3 is 6.16 Å². The first-order chi connectivity index (χ1) is 4.81. The molecule has 0 radical (unpaired) electrons. The summed E-state index contributed by atoms with van der Waals surface area (Å²) in [6, 6.07) is 0. The van der Waals surface area contributed by atoms with Gasteiger partial charge in [0, 0.05) is 6.08 Å². The minimum Gasteiger partial charge on any atom is -0.434 e. The summed E-state index contributed by atoms with van der Waals surface area (Å²) in [5.74, 6) is 0. The predicted octanol–water partition coefficient (Wildman–Crippen LogP) is 0.872. The van der Waals surface area contributed by atoms with Gasteiger partial charge in [-0.15, -0.1) is 0 Å². The molecule has 0 aromatic carbocycles. The zero-order valence-electron chi connectivity index (χ0n) is 5.57. The highest BCUT2D eigenvalue weighted by Gasteiger charge is 1.95. The lowest BCUT2D eigenvalue weighted by molar-refractivity contribution is -0.104. The zero-order chi connectivity index (χ0) is 7.82. The molecule has 0 amide bonds. The van der Waals surface area contributed by atoms with Crippen molar-refractivity contribution in [2.75, 3.05) is 6.61 Å². The molecule has 4 nitrogen and oxygen atoms in total. The summed E-state index contributed by atoms with van der Waals surface area (Å²) in [6.45, 7) is 1.92. The highest BCUT2D eigenvalue weighted by atomic mass is 16.7. The quantitative estimate of drug-likeness (QED) is 0.255. The van der Waals surface area contributed by atoms with Gasteiger partial charge in [-0.25, -0.2) is 4.79 Å². The average Bonchev–Trinajstić information content (AvgIpc) is 1.89. The second-order valence-electron chi connectivity index (χ2n) is 1.27. The van der Waals surface area contributed by atoms with Crippen LogP contribution in [0.15, 0.2) is 12.3 Å². The van der Waals surface area contributed by atoms with Gasteiger partial charge < -0.3 is 9.47 Å². The molecule has 4 heteroatoms. The van der Waals surface area contributed by atoms with Crippen LogP contribution >= 0.6 is 0 Å². The van der Waals surface area contributed by atoms with Crippen LogP contribution in [0.2, 0.25) is 0 Å². The number of hydrogen-bond donors (Lipinski definition) is 0. The third kappa shape index (κ3) is 4.83. The Hall–Kier alpha value is -1.32. The van der Waals surface area contributed by atoms with Crippen LogP contribution in [0.5, 0.6) is 0 Å². The molecule has 0 aliphatic heterocycles. The maximum Gasteiger partial charge on any atom is 0.513 e. The van der Waals surface area contributed by atoms with Gasteiger partial charge in [0.2, 0.25) is 0 Å². The Morgan fingerprint density at radius 2 is 2.30 bits per heavy atom. The number of ether oxygens (including phenoxy) is 2. The van der Waals surface area contributed by atoms with Gasteiger partial charge in [-0.3, -0.25) is 4.79 Å². The molecule has 0 aliphatic rings. The van der Waals surface area contributed by atoms with E-state index in [-0.39, 0.29) is 6.61 Å². The molecule has 56 valence electrons. The molecule has 0 saturated carbocycles. The second-order valence-corrected chi connectivity index (χ2v) is 1.27. The van der Waals surface area contributed by atoms with Crippen molar-refractivity contribution in [3.63, 3.8) is 0 Å². The molecular weight excluding hydrogens is 136 g/mol. The number of hydrogen-bond acceptors (Lipinski definition) is 4. The molecule has 0 rings (SSSR count). The summed E-state index contributed by atoms with van der Waals surface area (Å²) >= 11 is 0. The van der Waals surface area contributed by atoms with E-state index in [1.807, 2.05) is 0 Å². The molecule has 0 spiro atoms. The summed E-state index contributed by atoms with van der Waals surface area (Å²) in [5.41, 5.74) is 0. The number of rotatable bonds is 3. The van der Waals surface area contributed by atoms with E-state index in [2.05, 4.69) is 9.47 Å². The molecule has 10 heavy (non-hydrogen) atoms. The average molecular weight is 144 g/mol. The van der Waals surface area contributed by atoms with E-state index in [1.165, 1.54) is 0 Å². The molecule has 0 aliphatic carbocycles. The summed E-state index contributed by atoms with van der Waals surface area (Å²) in [6.07, 6.45) is 1.71. The van der Waals surface area contributed by atoms with Crippen LogP contribution in [0.1, 0.15) is 6.92 Å². The number of carbonyl (C=O) groups is 2. The van der Waals surface area contributed by atoms with E-state index in [0.29, 0.717) is 6.29 Å². The van der Waals surface area contributed by atoms with E-state index in [9.17, 15) is 9.59 Å². The Bertz CT molecular complexity index is 139. The van der Waals surface area contributed by atoms with E-state index < -0.39 is 6.16 Å². The van der Waals surface area contributed by atoms with Crippen LogP contribution in [0.4, 0.5) is 4.79 Å². The zero-order valence-corrected chi connectivity index (χ0v) is 5.57. The fraction of sp³-hybridized carbons (Fsp3) is 0.333. The lowest BCUT2D eigenvalue weighted by atomic mass is 10.7. The Balaban J connectivity index is 3.38. The monoisotopic (exact) mass is 144 g/mol. The third-order valence-corrected chi connectivity index (χ3v) is 0.584. The molecule has 0 aromatic heterocycles. The van der Waals surface area contributed by atoms with Crippen molar-refractivity contribution in [1.29, 1.82) is 0 Å². The molecule has 0 fully saturated rings. The number of allylic oxidation sites excluding steroid dienone is 1. The Labute approximate surface area is 58.4 Å².